The Labute approximate surface area is 177 Å². The van der Waals surface area contributed by atoms with Gasteiger partial charge in [-0.25, -0.2) is 4.68 Å². The van der Waals surface area contributed by atoms with Crippen LogP contribution in [0.3, 0.4) is 0 Å². The molecule has 0 bridgehead atoms. The van der Waals surface area contributed by atoms with Crippen LogP contribution in [0, 0.1) is 6.92 Å². The number of carbonyl (C=O) groups excluding carboxylic acids is 2. The van der Waals surface area contributed by atoms with E-state index in [-0.39, 0.29) is 25.0 Å². The molecule has 158 valence electrons. The normalized spacial score (nSPS) is 16.5. The van der Waals surface area contributed by atoms with Crippen LogP contribution in [0.1, 0.15) is 18.0 Å². The van der Waals surface area contributed by atoms with Gasteiger partial charge >= 0.3 is 0 Å². The van der Waals surface area contributed by atoms with Crippen molar-refractivity contribution in [3.63, 3.8) is 0 Å². The first-order valence-electron chi connectivity index (χ1n) is 9.77. The number of methoxy groups -OCH3 is 1. The van der Waals surface area contributed by atoms with Crippen LogP contribution < -0.4 is 24.8 Å². The van der Waals surface area contributed by atoms with Crippen molar-refractivity contribution >= 4 is 23.3 Å². The number of hydrogen-bond donors (Lipinski definition) is 2. The molecule has 5 rings (SSSR count). The van der Waals surface area contributed by atoms with Crippen LogP contribution in [0.2, 0.25) is 0 Å². The van der Waals surface area contributed by atoms with Crippen molar-refractivity contribution < 1.29 is 23.8 Å². The van der Waals surface area contributed by atoms with Gasteiger partial charge in [0.2, 0.25) is 18.6 Å². The van der Waals surface area contributed by atoms with Crippen LogP contribution in [0.4, 0.5) is 11.5 Å². The van der Waals surface area contributed by atoms with Crippen LogP contribution in [0.15, 0.2) is 42.5 Å². The van der Waals surface area contributed by atoms with Gasteiger partial charge in [-0.1, -0.05) is 0 Å². The zero-order valence-electron chi connectivity index (χ0n) is 17.0. The molecule has 2 N–H and O–H groups in total. The molecule has 9 nitrogen and oxygen atoms in total. The van der Waals surface area contributed by atoms with Gasteiger partial charge in [0.15, 0.2) is 11.5 Å². The highest BCUT2D eigenvalue weighted by Crippen LogP contribution is 2.37. The van der Waals surface area contributed by atoms with E-state index in [0.717, 1.165) is 16.9 Å². The Kier molecular flexibility index (Phi) is 4.50. The van der Waals surface area contributed by atoms with Crippen LogP contribution in [-0.4, -0.2) is 35.5 Å². The maximum absolute atomic E-state index is 13.1. The Balaban J connectivity index is 1.46. The topological polar surface area (TPSA) is 104 Å². The molecule has 2 aliphatic rings. The first-order valence-corrected chi connectivity index (χ1v) is 9.77. The summed E-state index contributed by atoms with van der Waals surface area (Å²) in [4.78, 5) is 25.4. The Morgan fingerprint density at radius 3 is 2.74 bits per heavy atom. The van der Waals surface area contributed by atoms with Crippen LogP contribution >= 0.6 is 0 Å². The summed E-state index contributed by atoms with van der Waals surface area (Å²) in [6.07, 6.45) is -0.00738. The number of hydrogen-bond acceptors (Lipinski definition) is 6. The Bertz CT molecular complexity index is 1190. The zero-order chi connectivity index (χ0) is 21.5. The lowest BCUT2D eigenvalue weighted by molar-refractivity contribution is -0.125. The molecule has 2 amide bonds. The number of benzene rings is 2. The van der Waals surface area contributed by atoms with Gasteiger partial charge < -0.3 is 24.8 Å². The van der Waals surface area contributed by atoms with Gasteiger partial charge in [0, 0.05) is 22.9 Å². The van der Waals surface area contributed by atoms with Crippen molar-refractivity contribution in [2.45, 2.75) is 19.4 Å². The largest absolute Gasteiger partial charge is 0.497 e. The monoisotopic (exact) mass is 420 g/mol. The van der Waals surface area contributed by atoms with Gasteiger partial charge in [-0.15, -0.1) is 0 Å². The standard InChI is InChI=1S/C22H20N4O5/c1-12-20(13-3-6-15(29-2)7-4-13)25-26-16(10-19(27)24-21(12)26)22(28)23-14-5-8-17-18(9-14)31-11-30-17/h3-9,16H,10-11H2,1-2H3,(H,23,28)(H,24,27). The molecule has 2 aromatic carbocycles. The van der Waals surface area contributed by atoms with E-state index in [1.165, 1.54) is 0 Å². The average molecular weight is 420 g/mol. The van der Waals surface area contributed by atoms with E-state index in [4.69, 9.17) is 14.2 Å². The summed E-state index contributed by atoms with van der Waals surface area (Å²) in [6.45, 7) is 2.02. The van der Waals surface area contributed by atoms with E-state index in [9.17, 15) is 9.59 Å². The summed E-state index contributed by atoms with van der Waals surface area (Å²) in [5, 5.41) is 10.4. The van der Waals surface area contributed by atoms with Gasteiger partial charge in [0.25, 0.3) is 0 Å². The number of nitrogens with one attached hydrogen (secondary N) is 2. The highest BCUT2D eigenvalue weighted by atomic mass is 16.7. The quantitative estimate of drug-likeness (QED) is 0.672. The lowest BCUT2D eigenvalue weighted by Gasteiger charge is -2.24. The molecule has 1 aromatic heterocycles. The number of ether oxygens (including phenoxy) is 3. The minimum Gasteiger partial charge on any atom is -0.497 e. The molecule has 0 fully saturated rings. The third-order valence-electron chi connectivity index (χ3n) is 5.39. The predicted molar refractivity (Wildman–Crippen MR) is 112 cm³/mol. The molecule has 3 heterocycles. The Morgan fingerprint density at radius 2 is 1.97 bits per heavy atom. The second kappa shape index (κ2) is 7.35. The minimum absolute atomic E-state index is 0.00738. The van der Waals surface area contributed by atoms with E-state index >= 15 is 0 Å². The van der Waals surface area contributed by atoms with Crippen LogP contribution in [0.5, 0.6) is 17.2 Å². The second-order valence-electron chi connectivity index (χ2n) is 7.32. The molecule has 0 radical (unpaired) electrons. The number of carbonyl (C=O) groups is 2. The molecule has 1 atom stereocenters. The summed E-state index contributed by atoms with van der Waals surface area (Å²) in [5.41, 5.74) is 2.91. The number of amides is 2. The number of rotatable bonds is 4. The summed E-state index contributed by atoms with van der Waals surface area (Å²) in [5.74, 6) is 1.88. The zero-order valence-corrected chi connectivity index (χ0v) is 17.0. The van der Waals surface area contributed by atoms with Gasteiger partial charge in [-0.3, -0.25) is 9.59 Å². The number of aromatic nitrogens is 2. The van der Waals surface area contributed by atoms with E-state index < -0.39 is 6.04 Å². The summed E-state index contributed by atoms with van der Waals surface area (Å²) in [6, 6.07) is 11.8. The van der Waals surface area contributed by atoms with Crippen molar-refractivity contribution in [2.24, 2.45) is 0 Å². The fraction of sp³-hybridized carbons (Fsp3) is 0.227. The third-order valence-corrected chi connectivity index (χ3v) is 5.39. The van der Waals surface area contributed by atoms with E-state index in [1.54, 1.807) is 30.0 Å². The van der Waals surface area contributed by atoms with Crippen molar-refractivity contribution in [1.29, 1.82) is 0 Å². The fourth-order valence-corrected chi connectivity index (χ4v) is 3.77. The van der Waals surface area contributed by atoms with Crippen molar-refractivity contribution in [2.75, 3.05) is 24.5 Å². The van der Waals surface area contributed by atoms with Crippen LogP contribution in [0.25, 0.3) is 11.3 Å². The number of anilines is 2. The minimum atomic E-state index is -0.778. The first-order chi connectivity index (χ1) is 15.0. The second-order valence-corrected chi connectivity index (χ2v) is 7.32. The summed E-state index contributed by atoms with van der Waals surface area (Å²) in [7, 11) is 1.61. The molecule has 0 aliphatic carbocycles. The molecule has 2 aliphatic heterocycles. The molecule has 9 heteroatoms. The SMILES string of the molecule is COc1ccc(-c2nn3c(c2C)NC(=O)CC3C(=O)Nc2ccc3c(c2)OCO3)cc1. The molecule has 0 saturated carbocycles. The maximum Gasteiger partial charge on any atom is 0.249 e. The van der Waals surface area contributed by atoms with Crippen molar-refractivity contribution in [3.8, 4) is 28.5 Å². The fourth-order valence-electron chi connectivity index (χ4n) is 3.77. The summed E-state index contributed by atoms with van der Waals surface area (Å²) >= 11 is 0. The average Bonchev–Trinajstić information content (AvgIpc) is 3.37. The lowest BCUT2D eigenvalue weighted by atomic mass is 10.1. The van der Waals surface area contributed by atoms with E-state index in [2.05, 4.69) is 15.7 Å². The van der Waals surface area contributed by atoms with E-state index in [1.807, 2.05) is 31.2 Å². The molecule has 31 heavy (non-hydrogen) atoms. The summed E-state index contributed by atoms with van der Waals surface area (Å²) < 4.78 is 17.5. The van der Waals surface area contributed by atoms with Gasteiger partial charge in [0.05, 0.1) is 19.2 Å². The van der Waals surface area contributed by atoms with Gasteiger partial charge in [-0.2, -0.15) is 5.10 Å². The van der Waals surface area contributed by atoms with Gasteiger partial charge in [-0.05, 0) is 43.3 Å². The smallest absolute Gasteiger partial charge is 0.249 e. The lowest BCUT2D eigenvalue weighted by Crippen LogP contribution is -2.35. The highest BCUT2D eigenvalue weighted by molar-refractivity contribution is 6.02. The van der Waals surface area contributed by atoms with Gasteiger partial charge in [0.1, 0.15) is 17.6 Å². The molecular formula is C22H20N4O5. The Morgan fingerprint density at radius 1 is 1.19 bits per heavy atom. The Hall–Kier alpha value is -4.01. The molecule has 1 unspecified atom stereocenters. The van der Waals surface area contributed by atoms with Crippen LogP contribution in [-0.2, 0) is 9.59 Å². The first kappa shape index (κ1) is 19.0. The molecule has 0 spiro atoms. The van der Waals surface area contributed by atoms with Crippen molar-refractivity contribution in [3.05, 3.63) is 48.0 Å². The third kappa shape index (κ3) is 3.33. The highest BCUT2D eigenvalue weighted by Gasteiger charge is 2.34. The number of nitrogens with zero attached hydrogens (tertiary/aromatic N) is 2. The maximum atomic E-state index is 13.1. The molecular weight excluding hydrogens is 400 g/mol. The van der Waals surface area contributed by atoms with E-state index in [0.29, 0.717) is 28.7 Å². The predicted octanol–water partition coefficient (Wildman–Crippen LogP) is 3.12. The number of fused-ring (bicyclic) bond motifs is 2. The molecule has 3 aromatic rings. The molecule has 0 saturated heterocycles. The van der Waals surface area contributed by atoms with Crippen molar-refractivity contribution in [1.82, 2.24) is 9.78 Å².